The maximum atomic E-state index is 2.44. The third-order valence-electron chi connectivity index (χ3n) is 14.5. The number of aromatic nitrogens is 2. The maximum absolute atomic E-state index is 2.44. The molecular formula is C68H44N2. The van der Waals surface area contributed by atoms with Crippen molar-refractivity contribution < 1.29 is 0 Å². The Morgan fingerprint density at radius 2 is 0.429 bits per heavy atom. The standard InChI is InChI=1S/C68H44N2/c1-5-13-45(14-6-1)53-27-33-65-61(41-53)62-42-54(46-15-7-2-8-16-46)28-34-66(62)69(65)59-31-25-49-21-23-51(37-57(49)39-59)52-24-22-50-26-32-60(40-58(50)38-52)70-67-35-29-55(47-17-9-3-10-18-47)43-63(67)64-44-56(30-36-68(64)70)48-19-11-4-12-20-48/h1-44H. The summed E-state index contributed by atoms with van der Waals surface area (Å²) in [4.78, 5) is 0. The van der Waals surface area contributed by atoms with Crippen molar-refractivity contribution in [2.24, 2.45) is 0 Å². The van der Waals surface area contributed by atoms with Gasteiger partial charge >= 0.3 is 0 Å². The van der Waals surface area contributed by atoms with Crippen LogP contribution in [0.25, 0.3) is 132 Å². The molecule has 0 N–H and O–H groups in total. The maximum Gasteiger partial charge on any atom is 0.0541 e. The first kappa shape index (κ1) is 39.9. The highest BCUT2D eigenvalue weighted by atomic mass is 15.0. The van der Waals surface area contributed by atoms with Crippen molar-refractivity contribution >= 4 is 65.2 Å². The van der Waals surface area contributed by atoms with Crippen LogP contribution in [0, 0.1) is 0 Å². The molecule has 14 aromatic rings. The average Bonchev–Trinajstić information content (AvgIpc) is 3.94. The van der Waals surface area contributed by atoms with Gasteiger partial charge in [-0.25, -0.2) is 0 Å². The van der Waals surface area contributed by atoms with Crippen LogP contribution in [0.4, 0.5) is 0 Å². The molecule has 0 fully saturated rings. The van der Waals surface area contributed by atoms with Crippen LogP contribution in [0.5, 0.6) is 0 Å². The molecule has 70 heavy (non-hydrogen) atoms. The Labute approximate surface area is 406 Å². The minimum absolute atomic E-state index is 1.14. The van der Waals surface area contributed by atoms with Crippen LogP contribution in [0.1, 0.15) is 0 Å². The molecule has 326 valence electrons. The van der Waals surface area contributed by atoms with Gasteiger partial charge < -0.3 is 9.13 Å². The first-order valence-corrected chi connectivity index (χ1v) is 24.1. The summed E-state index contributed by atoms with van der Waals surface area (Å²) >= 11 is 0. The summed E-state index contributed by atoms with van der Waals surface area (Å²) in [5, 5.41) is 9.81. The number of nitrogens with zero attached hydrogens (tertiary/aromatic N) is 2. The zero-order valence-electron chi connectivity index (χ0n) is 38.3. The second-order valence-corrected chi connectivity index (χ2v) is 18.6. The van der Waals surface area contributed by atoms with Crippen LogP contribution in [0.2, 0.25) is 0 Å². The Morgan fingerprint density at radius 1 is 0.171 bits per heavy atom. The van der Waals surface area contributed by atoms with Gasteiger partial charge in [0.2, 0.25) is 0 Å². The van der Waals surface area contributed by atoms with Crippen molar-refractivity contribution in [3.8, 4) is 67.0 Å². The van der Waals surface area contributed by atoms with E-state index in [9.17, 15) is 0 Å². The average molecular weight is 889 g/mol. The number of fused-ring (bicyclic) bond motifs is 8. The van der Waals surface area contributed by atoms with E-state index in [0.29, 0.717) is 0 Å². The van der Waals surface area contributed by atoms with Gasteiger partial charge in [-0.15, -0.1) is 0 Å². The van der Waals surface area contributed by atoms with Crippen LogP contribution >= 0.6 is 0 Å². The fraction of sp³-hybridized carbons (Fsp3) is 0. The van der Waals surface area contributed by atoms with Crippen LogP contribution in [-0.4, -0.2) is 9.13 Å². The lowest BCUT2D eigenvalue weighted by Gasteiger charge is -2.12. The topological polar surface area (TPSA) is 9.86 Å². The molecule has 0 bridgehead atoms. The summed E-state index contributed by atoms with van der Waals surface area (Å²) in [6.45, 7) is 0. The second kappa shape index (κ2) is 16.2. The molecule has 0 radical (unpaired) electrons. The number of hydrogen-bond acceptors (Lipinski definition) is 0. The highest BCUT2D eigenvalue weighted by molar-refractivity contribution is 6.13. The Morgan fingerprint density at radius 3 is 0.729 bits per heavy atom. The Bertz CT molecular complexity index is 3840. The Balaban J connectivity index is 0.877. The smallest absolute Gasteiger partial charge is 0.0541 e. The molecule has 14 rings (SSSR count). The summed E-state index contributed by atoms with van der Waals surface area (Å²) in [7, 11) is 0. The molecule has 0 saturated carbocycles. The molecule has 2 heteroatoms. The quantitative estimate of drug-likeness (QED) is 0.151. The van der Waals surface area contributed by atoms with Crippen LogP contribution in [0.15, 0.2) is 267 Å². The van der Waals surface area contributed by atoms with E-state index < -0.39 is 0 Å². The van der Waals surface area contributed by atoms with Crippen molar-refractivity contribution in [3.63, 3.8) is 0 Å². The summed E-state index contributed by atoms with van der Waals surface area (Å²) in [5.41, 5.74) is 19.2. The lowest BCUT2D eigenvalue weighted by Crippen LogP contribution is -1.94. The SMILES string of the molecule is c1ccc(-c2ccc3c(c2)c2cc(-c4ccccc4)ccc2n3-c2ccc3ccc(-c4ccc5ccc(-n6c7ccc(-c8ccccc8)cc7c7cc(-c8ccccc8)ccc76)cc5c4)cc3c2)cc1. The zero-order valence-corrected chi connectivity index (χ0v) is 38.3. The highest BCUT2D eigenvalue weighted by Crippen LogP contribution is 2.41. The van der Waals surface area contributed by atoms with Gasteiger partial charge in [0.05, 0.1) is 22.1 Å². The molecule has 0 unspecified atom stereocenters. The monoisotopic (exact) mass is 888 g/mol. The fourth-order valence-corrected chi connectivity index (χ4v) is 10.9. The molecular weight excluding hydrogens is 845 g/mol. The van der Waals surface area contributed by atoms with Gasteiger partial charge in [-0.05, 0) is 162 Å². The Kier molecular flexibility index (Phi) is 9.25. The first-order valence-electron chi connectivity index (χ1n) is 24.1. The number of hydrogen-bond donors (Lipinski definition) is 0. The second-order valence-electron chi connectivity index (χ2n) is 18.6. The molecule has 0 aliphatic heterocycles. The zero-order chi connectivity index (χ0) is 46.1. The van der Waals surface area contributed by atoms with Gasteiger partial charge in [0, 0.05) is 32.9 Å². The van der Waals surface area contributed by atoms with E-state index in [1.165, 1.54) is 121 Å². The van der Waals surface area contributed by atoms with Crippen molar-refractivity contribution in [1.29, 1.82) is 0 Å². The highest BCUT2D eigenvalue weighted by Gasteiger charge is 2.18. The minimum Gasteiger partial charge on any atom is -0.309 e. The van der Waals surface area contributed by atoms with Crippen molar-refractivity contribution in [2.75, 3.05) is 0 Å². The summed E-state index contributed by atoms with van der Waals surface area (Å²) in [5.74, 6) is 0. The van der Waals surface area contributed by atoms with Crippen LogP contribution in [0.3, 0.4) is 0 Å². The van der Waals surface area contributed by atoms with E-state index >= 15 is 0 Å². The third-order valence-corrected chi connectivity index (χ3v) is 14.5. The van der Waals surface area contributed by atoms with E-state index in [1.807, 2.05) is 0 Å². The molecule has 2 nitrogen and oxygen atoms in total. The lowest BCUT2D eigenvalue weighted by atomic mass is 9.98. The van der Waals surface area contributed by atoms with E-state index in [-0.39, 0.29) is 0 Å². The van der Waals surface area contributed by atoms with Gasteiger partial charge in [0.1, 0.15) is 0 Å². The Hall–Kier alpha value is -9.24. The van der Waals surface area contributed by atoms with Gasteiger partial charge in [-0.1, -0.05) is 182 Å². The van der Waals surface area contributed by atoms with E-state index in [1.54, 1.807) is 0 Å². The van der Waals surface area contributed by atoms with E-state index in [4.69, 9.17) is 0 Å². The van der Waals surface area contributed by atoms with Crippen LogP contribution in [-0.2, 0) is 0 Å². The molecule has 0 aliphatic rings. The molecule has 12 aromatic carbocycles. The van der Waals surface area contributed by atoms with Crippen molar-refractivity contribution in [2.45, 2.75) is 0 Å². The normalized spacial score (nSPS) is 11.7. The molecule has 0 saturated heterocycles. The van der Waals surface area contributed by atoms with Crippen LogP contribution < -0.4 is 0 Å². The minimum atomic E-state index is 1.14. The predicted molar refractivity (Wildman–Crippen MR) is 297 cm³/mol. The largest absolute Gasteiger partial charge is 0.309 e. The van der Waals surface area contributed by atoms with Gasteiger partial charge in [-0.2, -0.15) is 0 Å². The summed E-state index contributed by atoms with van der Waals surface area (Å²) < 4.78 is 4.88. The molecule has 0 amide bonds. The summed E-state index contributed by atoms with van der Waals surface area (Å²) in [6, 6.07) is 98.1. The summed E-state index contributed by atoms with van der Waals surface area (Å²) in [6.07, 6.45) is 0. The van der Waals surface area contributed by atoms with Crippen molar-refractivity contribution in [3.05, 3.63) is 267 Å². The number of rotatable bonds is 7. The van der Waals surface area contributed by atoms with Gasteiger partial charge in [0.25, 0.3) is 0 Å². The molecule has 0 spiro atoms. The van der Waals surface area contributed by atoms with E-state index in [0.717, 1.165) is 11.4 Å². The molecule has 0 atom stereocenters. The van der Waals surface area contributed by atoms with Crippen molar-refractivity contribution in [1.82, 2.24) is 9.13 Å². The predicted octanol–water partition coefficient (Wildman–Crippen LogP) is 18.5. The van der Waals surface area contributed by atoms with Gasteiger partial charge in [-0.3, -0.25) is 0 Å². The number of benzene rings is 12. The lowest BCUT2D eigenvalue weighted by molar-refractivity contribution is 1.19. The molecule has 0 aliphatic carbocycles. The third kappa shape index (κ3) is 6.72. The molecule has 2 aromatic heterocycles. The van der Waals surface area contributed by atoms with E-state index in [2.05, 4.69) is 276 Å². The molecule has 2 heterocycles. The first-order chi connectivity index (χ1) is 34.7. The van der Waals surface area contributed by atoms with Gasteiger partial charge in [0.15, 0.2) is 0 Å². The fourth-order valence-electron chi connectivity index (χ4n) is 10.9.